The maximum Gasteiger partial charge on any atom is 0.393 e. The van der Waals surface area contributed by atoms with Crippen LogP contribution in [0.3, 0.4) is 0 Å². The molecular formula is C18H10ClF16NO. The largest absolute Gasteiger partial charge is 0.393 e. The Balaban J connectivity index is 2.60. The van der Waals surface area contributed by atoms with Gasteiger partial charge in [0.1, 0.15) is 0 Å². The highest BCUT2D eigenvalue weighted by molar-refractivity contribution is 6.22. The maximum atomic E-state index is 14.3. The molecular weight excluding hydrogens is 586 g/mol. The maximum absolute atomic E-state index is 14.3. The predicted molar refractivity (Wildman–Crippen MR) is 92.5 cm³/mol. The van der Waals surface area contributed by atoms with E-state index in [0.29, 0.717) is 0 Å². The third-order valence-corrected chi connectivity index (χ3v) is 5.58. The molecule has 1 aromatic carbocycles. The van der Waals surface area contributed by atoms with Gasteiger partial charge in [0.15, 0.2) is 0 Å². The predicted octanol–water partition coefficient (Wildman–Crippen LogP) is 7.24. The van der Waals surface area contributed by atoms with E-state index in [2.05, 4.69) is 11.6 Å². The molecule has 0 radical (unpaired) electrons. The number of nitrogens with zero attached hydrogens (tertiary/aromatic N) is 1. The Morgan fingerprint density at radius 3 is 1.51 bits per heavy atom. The lowest BCUT2D eigenvalue weighted by Gasteiger charge is -2.43. The molecule has 0 unspecified atom stereocenters. The lowest BCUT2D eigenvalue weighted by molar-refractivity contribution is -0.446. The molecule has 0 bridgehead atoms. The van der Waals surface area contributed by atoms with E-state index >= 15 is 0 Å². The molecule has 0 aliphatic carbocycles. The third-order valence-electron chi connectivity index (χ3n) is 5.35. The summed E-state index contributed by atoms with van der Waals surface area (Å²) in [4.78, 5) is 11.8. The van der Waals surface area contributed by atoms with E-state index in [0.717, 1.165) is 18.2 Å². The van der Waals surface area contributed by atoms with Gasteiger partial charge >= 0.3 is 52.7 Å². The first-order valence-corrected chi connectivity index (χ1v) is 9.74. The van der Waals surface area contributed by atoms with Crippen molar-refractivity contribution in [3.8, 4) is 0 Å². The Hall–Kier alpha value is -2.14. The second-order valence-electron chi connectivity index (χ2n) is 7.71. The van der Waals surface area contributed by atoms with Crippen molar-refractivity contribution in [3.05, 3.63) is 29.8 Å². The van der Waals surface area contributed by atoms with E-state index in [-0.39, 0.29) is 23.3 Å². The van der Waals surface area contributed by atoms with E-state index in [4.69, 9.17) is 0 Å². The van der Waals surface area contributed by atoms with Gasteiger partial charge in [0, 0.05) is 12.2 Å². The first kappa shape index (κ1) is 31.1. The monoisotopic (exact) mass is 595 g/mol. The molecule has 0 saturated carbocycles. The van der Waals surface area contributed by atoms with Crippen molar-refractivity contribution in [3.63, 3.8) is 0 Å². The first-order chi connectivity index (χ1) is 16.2. The Labute approximate surface area is 200 Å². The van der Waals surface area contributed by atoms with Crippen LogP contribution in [0.15, 0.2) is 24.3 Å². The number of benzene rings is 1. The number of hydrogen-bond donors (Lipinski definition) is 0. The zero-order valence-electron chi connectivity index (χ0n) is 17.2. The summed E-state index contributed by atoms with van der Waals surface area (Å²) in [6.45, 7) is -0.908. The van der Waals surface area contributed by atoms with Gasteiger partial charge in [0.05, 0.1) is 0 Å². The van der Waals surface area contributed by atoms with Gasteiger partial charge in [-0.2, -0.15) is 70.2 Å². The molecule has 2 rings (SSSR count). The van der Waals surface area contributed by atoms with Crippen LogP contribution in [-0.2, 0) is 11.2 Å². The average molecular weight is 596 g/mol. The van der Waals surface area contributed by atoms with Crippen LogP contribution in [0.4, 0.5) is 75.9 Å². The first-order valence-electron chi connectivity index (χ1n) is 9.36. The molecule has 0 saturated heterocycles. The molecule has 0 atom stereocenters. The molecule has 0 N–H and O–H groups in total. The minimum Gasteiger partial charge on any atom is -0.307 e. The van der Waals surface area contributed by atoms with Crippen LogP contribution in [0.5, 0.6) is 0 Å². The molecule has 37 heavy (non-hydrogen) atoms. The van der Waals surface area contributed by atoms with Gasteiger partial charge in [0.25, 0.3) is 0 Å². The van der Waals surface area contributed by atoms with E-state index in [1.807, 2.05) is 0 Å². The Morgan fingerprint density at radius 2 is 1.05 bits per heavy atom. The van der Waals surface area contributed by atoms with E-state index in [9.17, 15) is 75.0 Å². The lowest BCUT2D eigenvalue weighted by atomic mass is 9.88. The number of carbonyl (C=O) groups excluding carboxylic acids is 1. The van der Waals surface area contributed by atoms with E-state index in [1.165, 1.54) is 6.07 Å². The Kier molecular flexibility index (Phi) is 7.30. The number of fused-ring (bicyclic) bond motifs is 1. The zero-order valence-corrected chi connectivity index (χ0v) is 18.0. The summed E-state index contributed by atoms with van der Waals surface area (Å²) in [5.74, 6) is -60.2. The minimum absolute atomic E-state index is 0.00582. The van der Waals surface area contributed by atoms with Crippen molar-refractivity contribution >= 4 is 23.2 Å². The van der Waals surface area contributed by atoms with Gasteiger partial charge < -0.3 is 4.90 Å². The van der Waals surface area contributed by atoms with Crippen molar-refractivity contribution in [1.82, 2.24) is 0 Å². The topological polar surface area (TPSA) is 20.3 Å². The van der Waals surface area contributed by atoms with Crippen LogP contribution < -0.4 is 4.90 Å². The molecule has 0 spiro atoms. The number of amides is 1. The average Bonchev–Trinajstić information content (AvgIpc) is 2.76. The lowest BCUT2D eigenvalue weighted by Crippen LogP contribution is -2.75. The third kappa shape index (κ3) is 4.07. The molecule has 212 valence electrons. The number of para-hydroxylation sites is 1. The molecule has 0 fully saturated rings. The van der Waals surface area contributed by atoms with Gasteiger partial charge in [0.2, 0.25) is 0 Å². The summed E-state index contributed by atoms with van der Waals surface area (Å²) in [6.07, 6.45) is -0.250. The van der Waals surface area contributed by atoms with Crippen molar-refractivity contribution in [2.75, 3.05) is 11.4 Å². The summed E-state index contributed by atoms with van der Waals surface area (Å²) in [5, 5.41) is -6.85. The van der Waals surface area contributed by atoms with Crippen LogP contribution in [0.2, 0.25) is 0 Å². The quantitative estimate of drug-likeness (QED) is 0.229. The number of halogens is 17. The molecule has 19 heteroatoms. The number of anilines is 1. The van der Waals surface area contributed by atoms with E-state index in [1.54, 1.807) is 0 Å². The highest BCUT2D eigenvalue weighted by Crippen LogP contribution is 2.64. The molecule has 0 aromatic heterocycles. The fourth-order valence-electron chi connectivity index (χ4n) is 3.21. The van der Waals surface area contributed by atoms with Crippen molar-refractivity contribution in [2.24, 2.45) is 0 Å². The number of carbonyl (C=O) groups is 1. The fraction of sp³-hybridized carbons (Fsp3) is 0.611. The normalized spacial score (nSPS) is 17.1. The van der Waals surface area contributed by atoms with Crippen molar-refractivity contribution in [2.45, 2.75) is 59.7 Å². The second-order valence-corrected chi connectivity index (χ2v) is 8.18. The smallest absolute Gasteiger partial charge is 0.307 e. The molecule has 1 amide bonds. The zero-order chi connectivity index (χ0) is 29.3. The van der Waals surface area contributed by atoms with Crippen molar-refractivity contribution < 1.29 is 75.0 Å². The van der Waals surface area contributed by atoms with Crippen LogP contribution in [0.1, 0.15) is 12.0 Å². The standard InChI is InChI=1S/C18H10ClF16NO/c19-18(34,35)17(32,33)16(30,31)15(28,29)14(26,27)13(24,25)12(22,23)11(20,21)10(37)36-7-3-5-8-4-1-2-6-9(8)36/h1-2,4,6H,3,5,7H2. The number of hydrogen-bond acceptors (Lipinski definition) is 1. The SMILES string of the molecule is O=C(N1CCCc2ccccc21)C(F)(F)C(F)(F)C(F)(F)C(F)(F)C(F)(F)C(F)(F)C(F)(F)C(F)(F)Cl. The highest BCUT2D eigenvalue weighted by atomic mass is 35.5. The Bertz CT molecular complexity index is 1030. The second kappa shape index (κ2) is 8.69. The summed E-state index contributed by atoms with van der Waals surface area (Å²) in [5.41, 5.74) is -0.612. The summed E-state index contributed by atoms with van der Waals surface area (Å²) in [7, 11) is 0. The van der Waals surface area contributed by atoms with Crippen LogP contribution >= 0.6 is 11.6 Å². The van der Waals surface area contributed by atoms with Gasteiger partial charge in [-0.3, -0.25) is 4.79 Å². The molecule has 1 aliphatic rings. The summed E-state index contributed by atoms with van der Waals surface area (Å²) >= 11 is 3.46. The van der Waals surface area contributed by atoms with Gasteiger partial charge in [-0.1, -0.05) is 18.2 Å². The molecule has 1 aliphatic heterocycles. The minimum atomic E-state index is -8.61. The number of rotatable bonds is 8. The molecule has 1 aromatic rings. The van der Waals surface area contributed by atoms with Crippen LogP contribution in [-0.4, -0.2) is 59.3 Å². The van der Waals surface area contributed by atoms with Gasteiger partial charge in [-0.25, -0.2) is 0 Å². The molecule has 1 heterocycles. The molecule has 2 nitrogen and oxygen atoms in total. The van der Waals surface area contributed by atoms with Crippen LogP contribution in [0.25, 0.3) is 0 Å². The highest BCUT2D eigenvalue weighted by Gasteiger charge is 2.95. The summed E-state index contributed by atoms with van der Waals surface area (Å²) < 4.78 is 218. The fourth-order valence-corrected chi connectivity index (χ4v) is 3.33. The Morgan fingerprint density at radius 1 is 0.649 bits per heavy atom. The number of aryl methyl sites for hydroxylation is 1. The van der Waals surface area contributed by atoms with Gasteiger partial charge in [-0.05, 0) is 36.1 Å². The van der Waals surface area contributed by atoms with E-state index < -0.39 is 65.0 Å². The summed E-state index contributed by atoms with van der Waals surface area (Å²) in [6, 6.07) is 4.29. The van der Waals surface area contributed by atoms with Crippen LogP contribution in [0, 0.1) is 0 Å². The number of alkyl halides is 17. The van der Waals surface area contributed by atoms with Crippen molar-refractivity contribution in [1.29, 1.82) is 0 Å². The van der Waals surface area contributed by atoms with Gasteiger partial charge in [-0.15, -0.1) is 0 Å².